The minimum atomic E-state index is 0.725. The normalized spacial score (nSPS) is 19.8. The molecule has 1 radical (unpaired) electrons. The van der Waals surface area contributed by atoms with E-state index in [2.05, 4.69) is 26.2 Å². The molecule has 1 aliphatic heterocycles. The summed E-state index contributed by atoms with van der Waals surface area (Å²) in [4.78, 5) is 4.62. The number of halogens is 1. The van der Waals surface area contributed by atoms with E-state index in [1.165, 1.54) is 0 Å². The third-order valence-electron chi connectivity index (χ3n) is 0.439. The van der Waals surface area contributed by atoms with Gasteiger partial charge in [0.15, 0.2) is 4.67 Å². The Bertz CT molecular complexity index is 80.9. The summed E-state index contributed by atoms with van der Waals surface area (Å²) in [7, 11) is 0. The first-order chi connectivity index (χ1) is 2.89. The molecule has 0 aromatic carbocycles. The monoisotopic (exact) mass is 148 g/mol. The molecule has 1 heterocycles. The first kappa shape index (κ1) is 4.15. The molecular weight excluding hydrogens is 146 g/mol. The lowest BCUT2D eigenvalue weighted by atomic mass is 10.7. The maximum atomic E-state index is 4.62. The molecule has 3 heteroatoms. The van der Waals surface area contributed by atoms with Crippen LogP contribution in [0, 0.1) is 6.54 Å². The lowest BCUT2D eigenvalue weighted by Crippen LogP contribution is -1.97. The molecule has 0 saturated carbocycles. The highest BCUT2D eigenvalue weighted by Crippen LogP contribution is 2.09. The predicted molar refractivity (Wildman–Crippen MR) is 25.5 cm³/mol. The van der Waals surface area contributed by atoms with Gasteiger partial charge in [-0.3, -0.25) is 0 Å². The standard InChI is InChI=1S/C3H3BrNO/c4-3-1-2-5-6-3/h1-2,5H. The molecule has 0 aliphatic carbocycles. The second-order valence-corrected chi connectivity index (χ2v) is 1.64. The molecule has 0 atom stereocenters. The van der Waals surface area contributed by atoms with E-state index in [0.29, 0.717) is 0 Å². The van der Waals surface area contributed by atoms with Crippen LogP contribution in [0.1, 0.15) is 0 Å². The molecule has 0 spiro atoms. The largest absolute Gasteiger partial charge is 0.401 e. The van der Waals surface area contributed by atoms with E-state index in [9.17, 15) is 0 Å². The molecule has 1 N–H and O–H groups in total. The Morgan fingerprint density at radius 1 is 1.83 bits per heavy atom. The summed E-state index contributed by atoms with van der Waals surface area (Å²) in [6.07, 6.45) is 1.78. The molecule has 0 aromatic heterocycles. The minimum absolute atomic E-state index is 0.725. The Hall–Kier alpha value is -0.0200. The number of nitrogens with one attached hydrogen (secondary N) is 1. The quantitative estimate of drug-likeness (QED) is 0.552. The van der Waals surface area contributed by atoms with Crippen molar-refractivity contribution >= 4 is 15.9 Å². The molecule has 2 nitrogen and oxygen atoms in total. The Labute approximate surface area is 44.3 Å². The van der Waals surface area contributed by atoms with Gasteiger partial charge in [-0.15, -0.1) is 5.48 Å². The summed E-state index contributed by atoms with van der Waals surface area (Å²) in [6, 6.07) is 0. The summed E-state index contributed by atoms with van der Waals surface area (Å²) < 4.78 is 0.725. The van der Waals surface area contributed by atoms with Gasteiger partial charge in [0.1, 0.15) is 0 Å². The molecule has 0 fully saturated rings. The van der Waals surface area contributed by atoms with Crippen LogP contribution in [-0.4, -0.2) is 0 Å². The predicted octanol–water partition coefficient (Wildman–Crippen LogP) is 0.919. The minimum Gasteiger partial charge on any atom is -0.401 e. The molecule has 0 amide bonds. The third kappa shape index (κ3) is 0.725. The van der Waals surface area contributed by atoms with E-state index in [1.54, 1.807) is 12.6 Å². The van der Waals surface area contributed by atoms with Gasteiger partial charge in [0.2, 0.25) is 0 Å². The summed E-state index contributed by atoms with van der Waals surface area (Å²) >= 11 is 3.08. The summed E-state index contributed by atoms with van der Waals surface area (Å²) in [6.45, 7) is 1.70. The zero-order valence-electron chi connectivity index (χ0n) is 2.94. The van der Waals surface area contributed by atoms with Crippen molar-refractivity contribution in [1.29, 1.82) is 0 Å². The molecule has 0 saturated heterocycles. The van der Waals surface area contributed by atoms with Gasteiger partial charge in [-0.2, -0.15) is 0 Å². The van der Waals surface area contributed by atoms with E-state index in [-0.39, 0.29) is 0 Å². The fourth-order valence-corrected chi connectivity index (χ4v) is 0.449. The molecule has 0 unspecified atom stereocenters. The summed E-state index contributed by atoms with van der Waals surface area (Å²) in [5.41, 5.74) is 2.51. The highest BCUT2D eigenvalue weighted by atomic mass is 79.9. The van der Waals surface area contributed by atoms with Gasteiger partial charge >= 0.3 is 0 Å². The Morgan fingerprint density at radius 3 is 2.83 bits per heavy atom. The van der Waals surface area contributed by atoms with Gasteiger partial charge in [-0.1, -0.05) is 0 Å². The fraction of sp³-hybridized carbons (Fsp3) is 0. The van der Waals surface area contributed by atoms with Crippen molar-refractivity contribution in [2.45, 2.75) is 0 Å². The van der Waals surface area contributed by atoms with Crippen molar-refractivity contribution < 1.29 is 4.84 Å². The molecule has 0 bridgehead atoms. The van der Waals surface area contributed by atoms with Gasteiger partial charge in [0.05, 0.1) is 6.54 Å². The van der Waals surface area contributed by atoms with Crippen LogP contribution < -0.4 is 5.48 Å². The average molecular weight is 149 g/mol. The molecule has 1 aliphatic rings. The van der Waals surface area contributed by atoms with E-state index in [4.69, 9.17) is 0 Å². The van der Waals surface area contributed by atoms with Crippen molar-refractivity contribution in [3.8, 4) is 0 Å². The molecular formula is C3H3BrNO. The van der Waals surface area contributed by atoms with E-state index in [1.807, 2.05) is 0 Å². The van der Waals surface area contributed by atoms with Crippen molar-refractivity contribution in [2.75, 3.05) is 0 Å². The van der Waals surface area contributed by atoms with Crippen molar-refractivity contribution in [1.82, 2.24) is 5.48 Å². The summed E-state index contributed by atoms with van der Waals surface area (Å²) in [5.74, 6) is 0. The Balaban J connectivity index is 2.45. The maximum absolute atomic E-state index is 4.62. The second-order valence-electron chi connectivity index (χ2n) is 0.857. The van der Waals surface area contributed by atoms with Crippen LogP contribution in [0.2, 0.25) is 0 Å². The van der Waals surface area contributed by atoms with Gasteiger partial charge in [-0.05, 0) is 22.0 Å². The van der Waals surface area contributed by atoms with Crippen molar-refractivity contribution in [2.24, 2.45) is 0 Å². The van der Waals surface area contributed by atoms with Gasteiger partial charge in [-0.25, -0.2) is 0 Å². The number of rotatable bonds is 0. The second kappa shape index (κ2) is 1.62. The average Bonchev–Trinajstić information content (AvgIpc) is 1.86. The molecule has 1 rings (SSSR count). The zero-order chi connectivity index (χ0) is 4.41. The zero-order valence-corrected chi connectivity index (χ0v) is 4.53. The van der Waals surface area contributed by atoms with Crippen LogP contribution in [0.4, 0.5) is 0 Å². The van der Waals surface area contributed by atoms with E-state index >= 15 is 0 Å². The highest BCUT2D eigenvalue weighted by Gasteiger charge is 1.96. The smallest absolute Gasteiger partial charge is 0.187 e. The van der Waals surface area contributed by atoms with E-state index in [0.717, 1.165) is 4.67 Å². The maximum Gasteiger partial charge on any atom is 0.187 e. The molecule has 6 heavy (non-hydrogen) atoms. The topological polar surface area (TPSA) is 21.3 Å². The van der Waals surface area contributed by atoms with Crippen LogP contribution in [0.5, 0.6) is 0 Å². The van der Waals surface area contributed by atoms with Crippen molar-refractivity contribution in [3.63, 3.8) is 0 Å². The molecule has 33 valence electrons. The van der Waals surface area contributed by atoms with Crippen molar-refractivity contribution in [3.05, 3.63) is 17.3 Å². The van der Waals surface area contributed by atoms with Gasteiger partial charge in [0, 0.05) is 0 Å². The van der Waals surface area contributed by atoms with Crippen LogP contribution in [0.15, 0.2) is 10.7 Å². The van der Waals surface area contributed by atoms with Crippen LogP contribution in [-0.2, 0) is 4.84 Å². The number of hydroxylamine groups is 1. The number of hydrogen-bond donors (Lipinski definition) is 1. The Morgan fingerprint density at radius 2 is 2.67 bits per heavy atom. The third-order valence-corrected chi connectivity index (χ3v) is 0.865. The van der Waals surface area contributed by atoms with Crippen LogP contribution in [0.25, 0.3) is 0 Å². The number of hydrogen-bond acceptors (Lipinski definition) is 2. The molecule has 0 aromatic rings. The van der Waals surface area contributed by atoms with Gasteiger partial charge < -0.3 is 4.84 Å². The Kier molecular flexibility index (Phi) is 1.12. The summed E-state index contributed by atoms with van der Waals surface area (Å²) in [5, 5.41) is 0. The lowest BCUT2D eigenvalue weighted by molar-refractivity contribution is 0.176. The first-order valence-electron chi connectivity index (χ1n) is 1.51. The SMILES string of the molecule is BrC1=C[CH]NO1. The highest BCUT2D eigenvalue weighted by molar-refractivity contribution is 9.11. The first-order valence-corrected chi connectivity index (χ1v) is 2.30. The van der Waals surface area contributed by atoms with Crippen LogP contribution in [0.3, 0.4) is 0 Å². The van der Waals surface area contributed by atoms with E-state index < -0.39 is 0 Å². The fourth-order valence-electron chi connectivity index (χ4n) is 0.224. The van der Waals surface area contributed by atoms with Crippen LogP contribution >= 0.6 is 15.9 Å². The lowest BCUT2D eigenvalue weighted by Gasteiger charge is -1.88. The van der Waals surface area contributed by atoms with Gasteiger partial charge in [0.25, 0.3) is 0 Å².